The first-order valence-electron chi connectivity index (χ1n) is 10.6. The smallest absolute Gasteiger partial charge is 0.279 e. The van der Waals surface area contributed by atoms with Crippen LogP contribution in [0.2, 0.25) is 5.02 Å². The first-order chi connectivity index (χ1) is 16.8. The molecule has 4 rings (SSSR count). The topological polar surface area (TPSA) is 86.7 Å². The second-order valence-electron chi connectivity index (χ2n) is 7.69. The Morgan fingerprint density at radius 3 is 2.11 bits per heavy atom. The monoisotopic (exact) mass is 516 g/mol. The van der Waals surface area contributed by atoms with Gasteiger partial charge in [0, 0.05) is 17.0 Å². The molecule has 0 saturated carbocycles. The predicted octanol–water partition coefficient (Wildman–Crippen LogP) is 4.91. The van der Waals surface area contributed by atoms with Crippen LogP contribution in [-0.2, 0) is 10.0 Å². The summed E-state index contributed by atoms with van der Waals surface area (Å²) in [4.78, 5) is 0.0787. The first-order valence-corrected chi connectivity index (χ1v) is 12.5. The minimum absolute atomic E-state index is 0.0787. The van der Waals surface area contributed by atoms with Gasteiger partial charge in [0.1, 0.15) is 5.75 Å². The van der Waals surface area contributed by atoms with Gasteiger partial charge in [-0.2, -0.15) is 17.9 Å². The van der Waals surface area contributed by atoms with E-state index in [9.17, 15) is 8.42 Å². The fraction of sp³-hybridized carbons (Fsp3) is 0.240. The molecule has 0 radical (unpaired) electrons. The average molecular weight is 517 g/mol. The van der Waals surface area contributed by atoms with Crippen molar-refractivity contribution in [2.45, 2.75) is 17.4 Å². The molecule has 3 aromatic rings. The number of halogens is 1. The summed E-state index contributed by atoms with van der Waals surface area (Å²) in [6.45, 7) is 0. The summed E-state index contributed by atoms with van der Waals surface area (Å²) in [7, 11) is 2.08. The summed E-state index contributed by atoms with van der Waals surface area (Å²) >= 11 is 5.99. The van der Waals surface area contributed by atoms with E-state index in [0.717, 1.165) is 9.98 Å². The highest BCUT2D eigenvalue weighted by Crippen LogP contribution is 2.44. The highest BCUT2D eigenvalue weighted by molar-refractivity contribution is 7.89. The lowest BCUT2D eigenvalue weighted by molar-refractivity contribution is 0.319. The first kappa shape index (κ1) is 24.7. The molecule has 0 aliphatic carbocycles. The standard InChI is InChI=1S/C25H25ClN2O6S/c1-31-19-7-5-6-16(12-19)21-15-22(17-13-23(32-2)25(34-4)24(14-17)33-3)28(27-21)35(29,30)20-10-8-18(26)9-11-20/h5-14,22H,15H2,1-4H3. The minimum atomic E-state index is -4.02. The van der Waals surface area contributed by atoms with Crippen molar-refractivity contribution in [2.24, 2.45) is 5.10 Å². The molecule has 35 heavy (non-hydrogen) atoms. The van der Waals surface area contributed by atoms with Crippen LogP contribution in [0.25, 0.3) is 0 Å². The molecule has 10 heteroatoms. The molecule has 1 aliphatic rings. The maximum Gasteiger partial charge on any atom is 0.279 e. The van der Waals surface area contributed by atoms with E-state index >= 15 is 0 Å². The molecule has 0 aromatic heterocycles. The highest BCUT2D eigenvalue weighted by atomic mass is 35.5. The highest BCUT2D eigenvalue weighted by Gasteiger charge is 2.38. The van der Waals surface area contributed by atoms with Gasteiger partial charge in [-0.05, 0) is 54.1 Å². The molecule has 3 aromatic carbocycles. The van der Waals surface area contributed by atoms with E-state index in [0.29, 0.717) is 45.7 Å². The molecule has 8 nitrogen and oxygen atoms in total. The van der Waals surface area contributed by atoms with Crippen LogP contribution < -0.4 is 18.9 Å². The third kappa shape index (κ3) is 4.74. The van der Waals surface area contributed by atoms with Gasteiger partial charge in [-0.25, -0.2) is 0 Å². The number of hydrogen-bond donors (Lipinski definition) is 0. The molecular formula is C25H25ClN2O6S. The molecule has 0 saturated heterocycles. The molecule has 0 fully saturated rings. The van der Waals surface area contributed by atoms with Crippen LogP contribution in [0.15, 0.2) is 70.7 Å². The van der Waals surface area contributed by atoms with Gasteiger partial charge >= 0.3 is 0 Å². The Hall–Kier alpha value is -3.43. The minimum Gasteiger partial charge on any atom is -0.497 e. The SMILES string of the molecule is COc1cccc(C2=NN(S(=O)(=O)c3ccc(Cl)cc3)C(c3cc(OC)c(OC)c(OC)c3)C2)c1. The van der Waals surface area contributed by atoms with Crippen molar-refractivity contribution < 1.29 is 27.4 Å². The molecule has 1 atom stereocenters. The van der Waals surface area contributed by atoms with E-state index in [1.165, 1.54) is 45.6 Å². The lowest BCUT2D eigenvalue weighted by Crippen LogP contribution is -2.27. The molecule has 184 valence electrons. The van der Waals surface area contributed by atoms with Gasteiger partial charge in [0.25, 0.3) is 10.0 Å². The Kier molecular flexibility index (Phi) is 7.09. The van der Waals surface area contributed by atoms with Crippen molar-refractivity contribution >= 4 is 27.3 Å². The number of sulfonamides is 1. The second-order valence-corrected chi connectivity index (χ2v) is 9.92. The van der Waals surface area contributed by atoms with E-state index in [-0.39, 0.29) is 4.90 Å². The lowest BCUT2D eigenvalue weighted by atomic mass is 9.98. The summed E-state index contributed by atoms with van der Waals surface area (Å²) in [6.07, 6.45) is 0.318. The quantitative estimate of drug-likeness (QED) is 0.422. The number of benzene rings is 3. The third-order valence-electron chi connectivity index (χ3n) is 5.71. The van der Waals surface area contributed by atoms with Crippen LogP contribution in [0.5, 0.6) is 23.0 Å². The maximum absolute atomic E-state index is 13.7. The van der Waals surface area contributed by atoms with Gasteiger partial charge in [-0.1, -0.05) is 23.7 Å². The third-order valence-corrected chi connectivity index (χ3v) is 7.65. The molecule has 1 unspecified atom stereocenters. The molecule has 0 amide bonds. The lowest BCUT2D eigenvalue weighted by Gasteiger charge is -2.25. The van der Waals surface area contributed by atoms with E-state index < -0.39 is 16.1 Å². The second kappa shape index (κ2) is 10.1. The molecule has 1 aliphatic heterocycles. The summed E-state index contributed by atoms with van der Waals surface area (Å²) in [5, 5.41) is 5.01. The number of methoxy groups -OCH3 is 4. The molecule has 0 spiro atoms. The van der Waals surface area contributed by atoms with Crippen molar-refractivity contribution in [3.8, 4) is 23.0 Å². The summed E-state index contributed by atoms with van der Waals surface area (Å²) < 4.78 is 50.3. The van der Waals surface area contributed by atoms with Crippen LogP contribution in [0.1, 0.15) is 23.6 Å². The van der Waals surface area contributed by atoms with Gasteiger partial charge in [0.05, 0.1) is 45.1 Å². The number of hydrogen-bond acceptors (Lipinski definition) is 7. The van der Waals surface area contributed by atoms with Crippen molar-refractivity contribution in [1.82, 2.24) is 4.41 Å². The fourth-order valence-corrected chi connectivity index (χ4v) is 5.50. The van der Waals surface area contributed by atoms with E-state index in [4.69, 9.17) is 30.5 Å². The molecule has 0 N–H and O–H groups in total. The Morgan fingerprint density at radius 2 is 1.54 bits per heavy atom. The van der Waals surface area contributed by atoms with Gasteiger partial charge in [0.15, 0.2) is 11.5 Å². The Labute approximate surface area is 209 Å². The average Bonchev–Trinajstić information content (AvgIpc) is 3.34. The summed E-state index contributed by atoms with van der Waals surface area (Å²) in [5.74, 6) is 1.90. The molecule has 0 bridgehead atoms. The maximum atomic E-state index is 13.7. The van der Waals surface area contributed by atoms with E-state index in [1.807, 2.05) is 24.3 Å². The zero-order valence-electron chi connectivity index (χ0n) is 19.7. The Balaban J connectivity index is 1.86. The van der Waals surface area contributed by atoms with Crippen molar-refractivity contribution in [2.75, 3.05) is 28.4 Å². The van der Waals surface area contributed by atoms with E-state index in [2.05, 4.69) is 5.10 Å². The van der Waals surface area contributed by atoms with Gasteiger partial charge in [-0.15, -0.1) is 0 Å². The van der Waals surface area contributed by atoms with Gasteiger partial charge in [0.2, 0.25) is 5.75 Å². The summed E-state index contributed by atoms with van der Waals surface area (Å²) in [6, 6.07) is 16.1. The Morgan fingerprint density at radius 1 is 0.886 bits per heavy atom. The zero-order chi connectivity index (χ0) is 25.2. The van der Waals surface area contributed by atoms with Crippen molar-refractivity contribution in [1.29, 1.82) is 0 Å². The normalized spacial score (nSPS) is 15.5. The van der Waals surface area contributed by atoms with E-state index in [1.54, 1.807) is 19.2 Å². The van der Waals surface area contributed by atoms with Crippen molar-refractivity contribution in [3.63, 3.8) is 0 Å². The number of hydrazone groups is 1. The number of nitrogens with zero attached hydrogens (tertiary/aromatic N) is 2. The van der Waals surface area contributed by atoms with Crippen LogP contribution >= 0.6 is 11.6 Å². The van der Waals surface area contributed by atoms with Crippen LogP contribution in [0.3, 0.4) is 0 Å². The number of ether oxygens (including phenoxy) is 4. The molecule has 1 heterocycles. The predicted molar refractivity (Wildman–Crippen MR) is 133 cm³/mol. The Bertz CT molecular complexity index is 1330. The largest absolute Gasteiger partial charge is 0.497 e. The van der Waals surface area contributed by atoms with Crippen LogP contribution in [-0.4, -0.2) is 47.0 Å². The van der Waals surface area contributed by atoms with Crippen LogP contribution in [0, 0.1) is 0 Å². The zero-order valence-corrected chi connectivity index (χ0v) is 21.3. The van der Waals surface area contributed by atoms with Crippen LogP contribution in [0.4, 0.5) is 0 Å². The fourth-order valence-electron chi connectivity index (χ4n) is 3.94. The van der Waals surface area contributed by atoms with Gasteiger partial charge < -0.3 is 18.9 Å². The van der Waals surface area contributed by atoms with Crippen molar-refractivity contribution in [3.05, 3.63) is 76.8 Å². The van der Waals surface area contributed by atoms with Gasteiger partial charge in [-0.3, -0.25) is 0 Å². The number of rotatable bonds is 8. The summed E-state index contributed by atoms with van der Waals surface area (Å²) in [5.41, 5.74) is 1.99. The molecular weight excluding hydrogens is 492 g/mol.